The van der Waals surface area contributed by atoms with Crippen LogP contribution in [0.4, 0.5) is 9.18 Å². The number of carbonyl (C=O) groups excluding carboxylic acids is 1. The Labute approximate surface area is 123 Å². The van der Waals surface area contributed by atoms with Gasteiger partial charge >= 0.3 is 12.0 Å². The van der Waals surface area contributed by atoms with Crippen LogP contribution in [0.25, 0.3) is 0 Å². The average Bonchev–Trinajstić information content (AvgIpc) is 2.39. The van der Waals surface area contributed by atoms with Gasteiger partial charge in [0.15, 0.2) is 0 Å². The molecule has 1 atom stereocenters. The normalized spacial score (nSPS) is 12.6. The second kappa shape index (κ2) is 7.06. The van der Waals surface area contributed by atoms with Gasteiger partial charge in [0.2, 0.25) is 0 Å². The van der Waals surface area contributed by atoms with Crippen molar-refractivity contribution in [2.75, 3.05) is 6.54 Å². The van der Waals surface area contributed by atoms with Crippen molar-refractivity contribution >= 4 is 12.0 Å². The molecule has 1 aromatic carbocycles. The number of amides is 2. The molecular formula is C15H21FN2O3. The molecule has 1 unspecified atom stereocenters. The molecule has 21 heavy (non-hydrogen) atoms. The third-order valence-corrected chi connectivity index (χ3v) is 3.10. The van der Waals surface area contributed by atoms with Crippen molar-refractivity contribution in [2.24, 2.45) is 5.41 Å². The molecule has 0 fully saturated rings. The first-order valence-corrected chi connectivity index (χ1v) is 6.73. The van der Waals surface area contributed by atoms with Crippen molar-refractivity contribution in [3.8, 4) is 0 Å². The van der Waals surface area contributed by atoms with Crippen molar-refractivity contribution in [2.45, 2.75) is 33.2 Å². The van der Waals surface area contributed by atoms with E-state index < -0.39 is 17.4 Å². The monoisotopic (exact) mass is 296 g/mol. The van der Waals surface area contributed by atoms with Crippen molar-refractivity contribution < 1.29 is 19.1 Å². The molecule has 0 saturated carbocycles. The molecule has 1 aromatic rings. The van der Waals surface area contributed by atoms with Gasteiger partial charge in [0.1, 0.15) is 5.82 Å². The number of hydrogen-bond donors (Lipinski definition) is 3. The SMILES string of the molecule is CC(Cc1ccc(F)cc1)NC(=O)NCC(C)(C)C(=O)O. The molecule has 0 saturated heterocycles. The van der Waals surface area contributed by atoms with Gasteiger partial charge in [-0.05, 0) is 44.9 Å². The summed E-state index contributed by atoms with van der Waals surface area (Å²) in [4.78, 5) is 22.6. The van der Waals surface area contributed by atoms with Crippen LogP contribution in [-0.4, -0.2) is 29.7 Å². The van der Waals surface area contributed by atoms with E-state index in [1.165, 1.54) is 26.0 Å². The number of benzene rings is 1. The molecular weight excluding hydrogens is 275 g/mol. The lowest BCUT2D eigenvalue weighted by Gasteiger charge is -2.21. The Morgan fingerprint density at radius 2 is 1.86 bits per heavy atom. The fourth-order valence-electron chi connectivity index (χ4n) is 1.68. The maximum atomic E-state index is 12.8. The number of halogens is 1. The third-order valence-electron chi connectivity index (χ3n) is 3.10. The van der Waals surface area contributed by atoms with Gasteiger partial charge in [-0.2, -0.15) is 0 Å². The van der Waals surface area contributed by atoms with Crippen molar-refractivity contribution in [3.63, 3.8) is 0 Å². The Bertz CT molecular complexity index is 500. The molecule has 0 aliphatic heterocycles. The summed E-state index contributed by atoms with van der Waals surface area (Å²) in [6.07, 6.45) is 0.565. The summed E-state index contributed by atoms with van der Waals surface area (Å²) in [6.45, 7) is 4.94. The predicted octanol–water partition coefficient (Wildman–Crippen LogP) is 2.17. The fraction of sp³-hybridized carbons (Fsp3) is 0.467. The van der Waals surface area contributed by atoms with E-state index in [1.807, 2.05) is 6.92 Å². The van der Waals surface area contributed by atoms with Crippen LogP contribution in [0.2, 0.25) is 0 Å². The van der Waals surface area contributed by atoms with Crippen LogP contribution in [0.5, 0.6) is 0 Å². The molecule has 0 bridgehead atoms. The molecule has 0 spiro atoms. The molecule has 5 nitrogen and oxygen atoms in total. The van der Waals surface area contributed by atoms with Crippen molar-refractivity contribution in [1.29, 1.82) is 0 Å². The molecule has 0 aromatic heterocycles. The van der Waals surface area contributed by atoms with Crippen LogP contribution in [-0.2, 0) is 11.2 Å². The lowest BCUT2D eigenvalue weighted by molar-refractivity contribution is -0.146. The number of carboxylic acid groups (broad SMARTS) is 1. The lowest BCUT2D eigenvalue weighted by atomic mass is 9.94. The predicted molar refractivity (Wildman–Crippen MR) is 77.5 cm³/mol. The number of aliphatic carboxylic acids is 1. The number of carboxylic acids is 1. The zero-order valence-corrected chi connectivity index (χ0v) is 12.4. The zero-order chi connectivity index (χ0) is 16.0. The van der Waals surface area contributed by atoms with Gasteiger partial charge in [-0.25, -0.2) is 9.18 Å². The number of nitrogens with one attached hydrogen (secondary N) is 2. The van der Waals surface area contributed by atoms with E-state index in [0.29, 0.717) is 6.42 Å². The lowest BCUT2D eigenvalue weighted by Crippen LogP contribution is -2.46. The maximum absolute atomic E-state index is 12.8. The van der Waals surface area contributed by atoms with Crippen LogP contribution in [0.3, 0.4) is 0 Å². The highest BCUT2D eigenvalue weighted by Crippen LogP contribution is 2.13. The van der Waals surface area contributed by atoms with Gasteiger partial charge in [0, 0.05) is 12.6 Å². The topological polar surface area (TPSA) is 78.4 Å². The largest absolute Gasteiger partial charge is 0.481 e. The van der Waals surface area contributed by atoms with Crippen LogP contribution >= 0.6 is 0 Å². The quantitative estimate of drug-likeness (QED) is 0.753. The van der Waals surface area contributed by atoms with Gasteiger partial charge in [0.05, 0.1) is 5.41 Å². The van der Waals surface area contributed by atoms with Gasteiger partial charge in [0.25, 0.3) is 0 Å². The molecule has 2 amide bonds. The van der Waals surface area contributed by atoms with E-state index in [4.69, 9.17) is 5.11 Å². The summed E-state index contributed by atoms with van der Waals surface area (Å²) in [5.74, 6) is -1.27. The summed E-state index contributed by atoms with van der Waals surface area (Å²) >= 11 is 0. The zero-order valence-electron chi connectivity index (χ0n) is 12.4. The summed E-state index contributed by atoms with van der Waals surface area (Å²) in [6, 6.07) is 5.51. The van der Waals surface area contributed by atoms with E-state index in [1.54, 1.807) is 12.1 Å². The maximum Gasteiger partial charge on any atom is 0.315 e. The molecule has 1 rings (SSSR count). The smallest absolute Gasteiger partial charge is 0.315 e. The highest BCUT2D eigenvalue weighted by atomic mass is 19.1. The van der Waals surface area contributed by atoms with Crippen LogP contribution in [0, 0.1) is 11.2 Å². The summed E-state index contributed by atoms with van der Waals surface area (Å²) in [7, 11) is 0. The molecule has 0 radical (unpaired) electrons. The second-order valence-corrected chi connectivity index (χ2v) is 5.75. The standard InChI is InChI=1S/C15H21FN2O3/c1-10(8-11-4-6-12(16)7-5-11)18-14(21)17-9-15(2,3)13(19)20/h4-7,10H,8-9H2,1-3H3,(H,19,20)(H2,17,18,21). The number of rotatable bonds is 6. The first-order chi connectivity index (χ1) is 9.70. The Hall–Kier alpha value is -2.11. The summed E-state index contributed by atoms with van der Waals surface area (Å²) in [5.41, 5.74) is -0.104. The average molecular weight is 296 g/mol. The van der Waals surface area contributed by atoms with E-state index in [9.17, 15) is 14.0 Å². The first kappa shape index (κ1) is 16.9. The Kier molecular flexibility index (Phi) is 5.69. The minimum Gasteiger partial charge on any atom is -0.481 e. The third kappa shape index (κ3) is 5.81. The Balaban J connectivity index is 2.40. The minimum absolute atomic E-state index is 0.0391. The Morgan fingerprint density at radius 1 is 1.29 bits per heavy atom. The first-order valence-electron chi connectivity index (χ1n) is 6.73. The fourth-order valence-corrected chi connectivity index (χ4v) is 1.68. The van der Waals surface area contributed by atoms with E-state index >= 15 is 0 Å². The molecule has 6 heteroatoms. The molecule has 3 N–H and O–H groups in total. The highest BCUT2D eigenvalue weighted by molar-refractivity contribution is 5.77. The molecule has 116 valence electrons. The summed E-state index contributed by atoms with van der Waals surface area (Å²) < 4.78 is 12.8. The van der Waals surface area contributed by atoms with E-state index in [2.05, 4.69) is 10.6 Å². The Morgan fingerprint density at radius 3 is 2.38 bits per heavy atom. The van der Waals surface area contributed by atoms with Crippen molar-refractivity contribution in [1.82, 2.24) is 10.6 Å². The van der Waals surface area contributed by atoms with Crippen LogP contribution in [0.1, 0.15) is 26.3 Å². The second-order valence-electron chi connectivity index (χ2n) is 5.75. The van der Waals surface area contributed by atoms with Gasteiger partial charge in [-0.15, -0.1) is 0 Å². The van der Waals surface area contributed by atoms with Crippen LogP contribution < -0.4 is 10.6 Å². The summed E-state index contributed by atoms with van der Waals surface area (Å²) in [5, 5.41) is 14.2. The molecule has 0 heterocycles. The van der Waals surface area contributed by atoms with E-state index in [-0.39, 0.29) is 18.4 Å². The molecule has 0 aliphatic rings. The minimum atomic E-state index is -1.02. The van der Waals surface area contributed by atoms with Gasteiger partial charge in [-0.1, -0.05) is 12.1 Å². The highest BCUT2D eigenvalue weighted by Gasteiger charge is 2.27. The van der Waals surface area contributed by atoms with E-state index in [0.717, 1.165) is 5.56 Å². The van der Waals surface area contributed by atoms with Crippen LogP contribution in [0.15, 0.2) is 24.3 Å². The number of urea groups is 1. The van der Waals surface area contributed by atoms with Crippen molar-refractivity contribution in [3.05, 3.63) is 35.6 Å². The van der Waals surface area contributed by atoms with Gasteiger partial charge < -0.3 is 15.7 Å². The number of hydrogen-bond acceptors (Lipinski definition) is 2. The molecule has 0 aliphatic carbocycles. The number of carbonyl (C=O) groups is 2. The van der Waals surface area contributed by atoms with Gasteiger partial charge in [-0.3, -0.25) is 4.79 Å².